The smallest absolute Gasteiger partial charge is 0.317 e. The molecular weight excluding hydrogens is 390 g/mol. The van der Waals surface area contributed by atoms with E-state index in [1.807, 2.05) is 24.3 Å². The summed E-state index contributed by atoms with van der Waals surface area (Å²) in [5, 5.41) is 7.22. The van der Waals surface area contributed by atoms with Crippen molar-refractivity contribution in [2.75, 3.05) is 13.1 Å². The molecule has 1 aromatic carbocycles. The fourth-order valence-electron chi connectivity index (χ4n) is 5.38. The molecule has 0 bridgehead atoms. The molecule has 5 rings (SSSR count). The molecule has 31 heavy (non-hydrogen) atoms. The number of Topliss-reactive ketones (excluding diaryl/α,β-unsaturated/α-hetero) is 1. The summed E-state index contributed by atoms with van der Waals surface area (Å²) in [7, 11) is 0. The van der Waals surface area contributed by atoms with Crippen molar-refractivity contribution in [2.45, 2.75) is 56.1 Å². The Morgan fingerprint density at radius 3 is 2.52 bits per heavy atom. The van der Waals surface area contributed by atoms with Crippen LogP contribution in [0.4, 0.5) is 0 Å². The Hall–Kier alpha value is -2.77. The minimum absolute atomic E-state index is 0.0206. The number of carbonyl (C=O) groups is 1. The number of piperidine rings is 1. The molecule has 3 N–H and O–H groups in total. The van der Waals surface area contributed by atoms with E-state index in [9.17, 15) is 9.59 Å². The minimum Gasteiger partial charge on any atom is -0.317 e. The van der Waals surface area contributed by atoms with Gasteiger partial charge in [-0.1, -0.05) is 12.1 Å². The third-order valence-corrected chi connectivity index (χ3v) is 6.99. The van der Waals surface area contributed by atoms with Crippen molar-refractivity contribution < 1.29 is 4.79 Å². The zero-order valence-corrected chi connectivity index (χ0v) is 17.6. The lowest BCUT2D eigenvalue weighted by Crippen LogP contribution is -2.53. The maximum absolute atomic E-state index is 13.9. The molecule has 0 amide bonds. The SMILES string of the molecule is O=C(c1cccnc1)C1(n2c(=O)[nH]c3ccccc32)CCC(NC2CCNCC2)CC1. The first-order chi connectivity index (χ1) is 15.2. The molecule has 0 radical (unpaired) electrons. The number of para-hydroxylation sites is 2. The van der Waals surface area contributed by atoms with Gasteiger partial charge in [-0.3, -0.25) is 14.3 Å². The Morgan fingerprint density at radius 1 is 1.03 bits per heavy atom. The highest BCUT2D eigenvalue weighted by molar-refractivity contribution is 6.02. The van der Waals surface area contributed by atoms with E-state index in [0.29, 0.717) is 30.5 Å². The minimum atomic E-state index is -0.897. The lowest BCUT2D eigenvalue weighted by Gasteiger charge is -2.41. The molecule has 0 atom stereocenters. The summed E-state index contributed by atoms with van der Waals surface area (Å²) < 4.78 is 1.72. The summed E-state index contributed by atoms with van der Waals surface area (Å²) in [4.78, 5) is 34.1. The second-order valence-corrected chi connectivity index (χ2v) is 8.85. The molecule has 3 heterocycles. The number of pyridine rings is 1. The predicted molar refractivity (Wildman–Crippen MR) is 120 cm³/mol. The number of fused-ring (bicyclic) bond motifs is 1. The fraction of sp³-hybridized carbons (Fsp3) is 0.458. The lowest BCUT2D eigenvalue weighted by molar-refractivity contribution is 0.0702. The number of H-pyrrole nitrogens is 1. The van der Waals surface area contributed by atoms with Gasteiger partial charge in [0.1, 0.15) is 5.54 Å². The van der Waals surface area contributed by atoms with E-state index in [1.165, 1.54) is 0 Å². The van der Waals surface area contributed by atoms with Gasteiger partial charge in [-0.15, -0.1) is 0 Å². The Morgan fingerprint density at radius 2 is 1.77 bits per heavy atom. The molecule has 1 saturated carbocycles. The quantitative estimate of drug-likeness (QED) is 0.553. The van der Waals surface area contributed by atoms with Gasteiger partial charge in [0.25, 0.3) is 0 Å². The van der Waals surface area contributed by atoms with E-state index in [-0.39, 0.29) is 11.5 Å². The lowest BCUT2D eigenvalue weighted by atomic mass is 9.74. The molecule has 0 spiro atoms. The summed E-state index contributed by atoms with van der Waals surface area (Å²) in [6, 6.07) is 12.1. The van der Waals surface area contributed by atoms with Gasteiger partial charge in [-0.05, 0) is 75.9 Å². The maximum Gasteiger partial charge on any atom is 0.327 e. The molecule has 7 heteroatoms. The van der Waals surface area contributed by atoms with Gasteiger partial charge >= 0.3 is 5.69 Å². The molecule has 2 aromatic heterocycles. The molecule has 2 fully saturated rings. The molecule has 7 nitrogen and oxygen atoms in total. The highest BCUT2D eigenvalue weighted by Crippen LogP contribution is 2.39. The second-order valence-electron chi connectivity index (χ2n) is 8.85. The van der Waals surface area contributed by atoms with Crippen molar-refractivity contribution in [1.82, 2.24) is 25.2 Å². The standard InChI is InChI=1S/C24H29N5O2/c30-22(17-4-3-13-26-16-17)24(29-21-6-2-1-5-20(21)28-23(29)31)11-7-18(8-12-24)27-19-9-14-25-15-10-19/h1-6,13,16,18-19,25,27H,7-12,14-15H2,(H,28,31). The number of carbonyl (C=O) groups excluding carboxylic acids is 1. The van der Waals surface area contributed by atoms with E-state index in [4.69, 9.17) is 0 Å². The average molecular weight is 420 g/mol. The van der Waals surface area contributed by atoms with Crippen molar-refractivity contribution in [3.63, 3.8) is 0 Å². The fourth-order valence-corrected chi connectivity index (χ4v) is 5.38. The van der Waals surface area contributed by atoms with Crippen LogP contribution in [0.1, 0.15) is 48.9 Å². The summed E-state index contributed by atoms with van der Waals surface area (Å²) in [6.45, 7) is 2.11. The molecule has 3 aromatic rings. The number of nitrogens with zero attached hydrogens (tertiary/aromatic N) is 2. The second kappa shape index (κ2) is 8.40. The largest absolute Gasteiger partial charge is 0.327 e. The predicted octanol–water partition coefficient (Wildman–Crippen LogP) is 2.59. The highest BCUT2D eigenvalue weighted by atomic mass is 16.2. The van der Waals surface area contributed by atoms with Crippen LogP contribution in [0.5, 0.6) is 0 Å². The number of benzene rings is 1. The van der Waals surface area contributed by atoms with E-state index in [2.05, 4.69) is 20.6 Å². The van der Waals surface area contributed by atoms with E-state index in [1.54, 1.807) is 29.1 Å². The van der Waals surface area contributed by atoms with Gasteiger partial charge < -0.3 is 15.6 Å². The number of nitrogens with one attached hydrogen (secondary N) is 3. The third-order valence-electron chi connectivity index (χ3n) is 6.99. The molecule has 0 unspecified atom stereocenters. The van der Waals surface area contributed by atoms with Crippen LogP contribution in [0.15, 0.2) is 53.6 Å². The summed E-state index contributed by atoms with van der Waals surface area (Å²) >= 11 is 0. The van der Waals surface area contributed by atoms with E-state index in [0.717, 1.165) is 49.8 Å². The zero-order valence-electron chi connectivity index (χ0n) is 17.6. The molecular formula is C24H29N5O2. The maximum atomic E-state index is 13.9. The normalized spacial score (nSPS) is 25.0. The molecule has 162 valence electrons. The van der Waals surface area contributed by atoms with Gasteiger partial charge in [-0.2, -0.15) is 0 Å². The Labute approximate surface area is 181 Å². The molecule has 1 aliphatic carbocycles. The number of aromatic amines is 1. The number of imidazole rings is 1. The molecule has 1 saturated heterocycles. The van der Waals surface area contributed by atoms with Gasteiger partial charge in [-0.25, -0.2) is 4.79 Å². The van der Waals surface area contributed by atoms with Crippen LogP contribution in [-0.2, 0) is 5.54 Å². The van der Waals surface area contributed by atoms with Crippen LogP contribution >= 0.6 is 0 Å². The zero-order chi connectivity index (χ0) is 21.3. The summed E-state index contributed by atoms with van der Waals surface area (Å²) in [5.74, 6) is -0.0206. The first kappa shape index (κ1) is 20.2. The summed E-state index contributed by atoms with van der Waals surface area (Å²) in [5.41, 5.74) is 0.995. The summed E-state index contributed by atoms with van der Waals surface area (Å²) in [6.07, 6.45) is 8.54. The Balaban J connectivity index is 1.50. The number of hydrogen-bond donors (Lipinski definition) is 3. The first-order valence-corrected chi connectivity index (χ1v) is 11.3. The number of aromatic nitrogens is 3. The third kappa shape index (κ3) is 3.72. The van der Waals surface area contributed by atoms with Crippen molar-refractivity contribution in [2.24, 2.45) is 0 Å². The number of hydrogen-bond acceptors (Lipinski definition) is 5. The van der Waals surface area contributed by atoms with Gasteiger partial charge in [0.2, 0.25) is 0 Å². The average Bonchev–Trinajstić information content (AvgIpc) is 3.17. The van der Waals surface area contributed by atoms with Crippen molar-refractivity contribution in [3.05, 3.63) is 64.8 Å². The number of rotatable bonds is 5. The van der Waals surface area contributed by atoms with Crippen LogP contribution in [0.25, 0.3) is 11.0 Å². The van der Waals surface area contributed by atoms with Crippen LogP contribution in [0.2, 0.25) is 0 Å². The van der Waals surface area contributed by atoms with Gasteiger partial charge in [0.15, 0.2) is 5.78 Å². The van der Waals surface area contributed by atoms with Crippen LogP contribution < -0.4 is 16.3 Å². The van der Waals surface area contributed by atoms with E-state index >= 15 is 0 Å². The van der Waals surface area contributed by atoms with Crippen molar-refractivity contribution >= 4 is 16.8 Å². The molecule has 1 aliphatic heterocycles. The van der Waals surface area contributed by atoms with Crippen molar-refractivity contribution in [1.29, 1.82) is 0 Å². The monoisotopic (exact) mass is 419 g/mol. The molecule has 2 aliphatic rings. The first-order valence-electron chi connectivity index (χ1n) is 11.3. The Bertz CT molecular complexity index is 1110. The van der Waals surface area contributed by atoms with Crippen LogP contribution in [-0.4, -0.2) is 45.5 Å². The van der Waals surface area contributed by atoms with Crippen LogP contribution in [0.3, 0.4) is 0 Å². The Kier molecular flexibility index (Phi) is 5.46. The van der Waals surface area contributed by atoms with Crippen LogP contribution in [0, 0.1) is 0 Å². The van der Waals surface area contributed by atoms with E-state index < -0.39 is 5.54 Å². The highest BCUT2D eigenvalue weighted by Gasteiger charge is 2.45. The van der Waals surface area contributed by atoms with Gasteiger partial charge in [0.05, 0.1) is 11.0 Å². The van der Waals surface area contributed by atoms with Gasteiger partial charge in [0, 0.05) is 30.0 Å². The number of ketones is 1. The van der Waals surface area contributed by atoms with Crippen molar-refractivity contribution in [3.8, 4) is 0 Å². The topological polar surface area (TPSA) is 91.8 Å².